The van der Waals surface area contributed by atoms with Crippen molar-refractivity contribution in [3.05, 3.63) is 46.2 Å². The number of pyridine rings is 1. The average molecular weight is 328 g/mol. The number of nitrogens with one attached hydrogen (secondary N) is 1. The van der Waals surface area contributed by atoms with Crippen LogP contribution < -0.4 is 5.56 Å². The fourth-order valence-corrected chi connectivity index (χ4v) is 2.99. The summed E-state index contributed by atoms with van der Waals surface area (Å²) in [6.07, 6.45) is 4.22. The molecule has 0 bridgehead atoms. The number of fused-ring (bicyclic) bond motifs is 1. The quantitative estimate of drug-likeness (QED) is 0.875. The number of hydrogen-bond donors (Lipinski definition) is 1. The average Bonchev–Trinajstić information content (AvgIpc) is 2.88. The summed E-state index contributed by atoms with van der Waals surface area (Å²) < 4.78 is 5.16. The predicted molar refractivity (Wildman–Crippen MR) is 89.9 cm³/mol. The number of nitrogens with zero attached hydrogens (tertiary/aromatic N) is 1. The lowest BCUT2D eigenvalue weighted by Crippen LogP contribution is -2.35. The Morgan fingerprint density at radius 2 is 1.79 bits per heavy atom. The van der Waals surface area contributed by atoms with Gasteiger partial charge in [0.05, 0.1) is 5.56 Å². The van der Waals surface area contributed by atoms with Gasteiger partial charge in [0.1, 0.15) is 0 Å². The molecule has 0 atom stereocenters. The summed E-state index contributed by atoms with van der Waals surface area (Å²) in [7, 11) is 0. The van der Waals surface area contributed by atoms with Gasteiger partial charge in [-0.1, -0.05) is 31.0 Å². The Kier molecular flexibility index (Phi) is 4.93. The van der Waals surface area contributed by atoms with E-state index in [9.17, 15) is 14.4 Å². The van der Waals surface area contributed by atoms with Crippen molar-refractivity contribution < 1.29 is 14.3 Å². The number of aromatic nitrogens is 1. The highest BCUT2D eigenvalue weighted by Crippen LogP contribution is 2.16. The van der Waals surface area contributed by atoms with E-state index in [1.807, 2.05) is 0 Å². The van der Waals surface area contributed by atoms with E-state index in [4.69, 9.17) is 4.74 Å². The van der Waals surface area contributed by atoms with Crippen LogP contribution in [0.4, 0.5) is 0 Å². The van der Waals surface area contributed by atoms with Crippen LogP contribution in [-0.2, 0) is 9.53 Å². The first-order valence-corrected chi connectivity index (χ1v) is 8.22. The molecule has 0 aliphatic carbocycles. The summed E-state index contributed by atoms with van der Waals surface area (Å²) in [5.41, 5.74) is 0.369. The minimum absolute atomic E-state index is 0.179. The van der Waals surface area contributed by atoms with Crippen LogP contribution in [0.3, 0.4) is 0 Å². The van der Waals surface area contributed by atoms with E-state index in [1.165, 1.54) is 6.07 Å². The van der Waals surface area contributed by atoms with Crippen molar-refractivity contribution in [1.82, 2.24) is 9.88 Å². The van der Waals surface area contributed by atoms with Crippen LogP contribution in [0.5, 0.6) is 0 Å². The molecule has 3 rings (SSSR count). The molecular weight excluding hydrogens is 308 g/mol. The first-order chi connectivity index (χ1) is 11.6. The molecule has 1 aromatic carbocycles. The number of hydrogen-bond acceptors (Lipinski definition) is 4. The second-order valence-electron chi connectivity index (χ2n) is 5.96. The van der Waals surface area contributed by atoms with Crippen molar-refractivity contribution >= 4 is 22.8 Å². The molecular formula is C18H20N2O4. The van der Waals surface area contributed by atoms with Crippen LogP contribution >= 0.6 is 0 Å². The molecule has 0 unspecified atom stereocenters. The monoisotopic (exact) mass is 328 g/mol. The highest BCUT2D eigenvalue weighted by Gasteiger charge is 2.19. The molecule has 1 fully saturated rings. The van der Waals surface area contributed by atoms with E-state index in [-0.39, 0.29) is 23.6 Å². The van der Waals surface area contributed by atoms with E-state index in [2.05, 4.69) is 4.98 Å². The molecule has 2 heterocycles. The van der Waals surface area contributed by atoms with Gasteiger partial charge in [0.2, 0.25) is 5.56 Å². The molecule has 1 aliphatic rings. The molecule has 0 radical (unpaired) electrons. The Bertz CT molecular complexity index is 804. The van der Waals surface area contributed by atoms with Gasteiger partial charge < -0.3 is 14.6 Å². The zero-order chi connectivity index (χ0) is 16.9. The lowest BCUT2D eigenvalue weighted by Gasteiger charge is -2.20. The Labute approximate surface area is 139 Å². The zero-order valence-electron chi connectivity index (χ0n) is 13.4. The van der Waals surface area contributed by atoms with E-state index in [0.717, 1.165) is 25.7 Å². The maximum Gasteiger partial charge on any atom is 0.339 e. The summed E-state index contributed by atoms with van der Waals surface area (Å²) in [4.78, 5) is 40.6. The molecule has 0 spiro atoms. The van der Waals surface area contributed by atoms with Crippen molar-refractivity contribution in [2.45, 2.75) is 25.7 Å². The number of aromatic amines is 1. The van der Waals surface area contributed by atoms with Crippen molar-refractivity contribution in [3.63, 3.8) is 0 Å². The molecule has 1 saturated heterocycles. The van der Waals surface area contributed by atoms with Crippen LogP contribution in [0.2, 0.25) is 0 Å². The number of para-hydroxylation sites is 1. The largest absolute Gasteiger partial charge is 0.452 e. The fraction of sp³-hybridized carbons (Fsp3) is 0.389. The third-order valence-corrected chi connectivity index (χ3v) is 4.26. The number of ether oxygens (including phenoxy) is 1. The van der Waals surface area contributed by atoms with Crippen molar-refractivity contribution in [2.24, 2.45) is 0 Å². The molecule has 6 heteroatoms. The summed E-state index contributed by atoms with van der Waals surface area (Å²) in [6, 6.07) is 8.21. The first kappa shape index (κ1) is 16.2. The van der Waals surface area contributed by atoms with Crippen LogP contribution in [0.15, 0.2) is 35.1 Å². The van der Waals surface area contributed by atoms with Gasteiger partial charge in [-0.25, -0.2) is 4.79 Å². The molecule has 2 aromatic rings. The van der Waals surface area contributed by atoms with Gasteiger partial charge in [-0.2, -0.15) is 0 Å². The van der Waals surface area contributed by atoms with Gasteiger partial charge in [-0.3, -0.25) is 9.59 Å². The second kappa shape index (κ2) is 7.29. The summed E-state index contributed by atoms with van der Waals surface area (Å²) in [5, 5.41) is 0.601. The maximum absolute atomic E-state index is 12.3. The molecule has 1 aliphatic heterocycles. The van der Waals surface area contributed by atoms with Gasteiger partial charge in [0.25, 0.3) is 5.91 Å². The number of H-pyrrole nitrogens is 1. The summed E-state index contributed by atoms with van der Waals surface area (Å²) >= 11 is 0. The van der Waals surface area contributed by atoms with Crippen molar-refractivity contribution in [2.75, 3.05) is 19.7 Å². The number of carbonyl (C=O) groups is 2. The number of likely N-dealkylation sites (tertiary alicyclic amines) is 1. The Morgan fingerprint density at radius 1 is 1.08 bits per heavy atom. The number of benzene rings is 1. The topological polar surface area (TPSA) is 79.5 Å². The van der Waals surface area contributed by atoms with Crippen LogP contribution in [0.1, 0.15) is 36.0 Å². The van der Waals surface area contributed by atoms with Gasteiger partial charge >= 0.3 is 5.97 Å². The number of amides is 1. The lowest BCUT2D eigenvalue weighted by atomic mass is 10.1. The highest BCUT2D eigenvalue weighted by molar-refractivity contribution is 6.03. The smallest absolute Gasteiger partial charge is 0.339 e. The standard InChI is InChI=1S/C18H20N2O4/c21-16-11-14(13-7-3-4-8-15(13)19-16)18(23)24-12-17(22)20-9-5-1-2-6-10-20/h3-4,7-8,11H,1-2,5-6,9-10,12H2,(H,19,21). The third-order valence-electron chi connectivity index (χ3n) is 4.26. The van der Waals surface area contributed by atoms with Gasteiger partial charge in [-0.15, -0.1) is 0 Å². The maximum atomic E-state index is 12.3. The van der Waals surface area contributed by atoms with E-state index in [0.29, 0.717) is 24.0 Å². The van der Waals surface area contributed by atoms with Gasteiger partial charge in [-0.05, 0) is 18.9 Å². The fourth-order valence-electron chi connectivity index (χ4n) is 2.99. The molecule has 6 nitrogen and oxygen atoms in total. The zero-order valence-corrected chi connectivity index (χ0v) is 13.4. The van der Waals surface area contributed by atoms with E-state index < -0.39 is 5.97 Å². The van der Waals surface area contributed by atoms with E-state index in [1.54, 1.807) is 29.2 Å². The number of esters is 1. The minimum atomic E-state index is -0.652. The lowest BCUT2D eigenvalue weighted by molar-refractivity contribution is -0.134. The summed E-state index contributed by atoms with van der Waals surface area (Å²) in [6.45, 7) is 1.13. The first-order valence-electron chi connectivity index (χ1n) is 8.22. The Morgan fingerprint density at radius 3 is 2.54 bits per heavy atom. The highest BCUT2D eigenvalue weighted by atomic mass is 16.5. The number of rotatable bonds is 3. The molecule has 1 N–H and O–H groups in total. The minimum Gasteiger partial charge on any atom is -0.452 e. The van der Waals surface area contributed by atoms with Gasteiger partial charge in [0, 0.05) is 30.1 Å². The number of carbonyl (C=O) groups excluding carboxylic acids is 2. The molecule has 1 aromatic heterocycles. The van der Waals surface area contributed by atoms with Crippen LogP contribution in [0, 0.1) is 0 Å². The summed E-state index contributed by atoms with van der Waals surface area (Å²) in [5.74, 6) is -0.833. The molecule has 0 saturated carbocycles. The Balaban J connectivity index is 1.71. The molecule has 126 valence electrons. The van der Waals surface area contributed by atoms with Gasteiger partial charge in [0.15, 0.2) is 6.61 Å². The van der Waals surface area contributed by atoms with Crippen LogP contribution in [-0.4, -0.2) is 41.5 Å². The van der Waals surface area contributed by atoms with E-state index >= 15 is 0 Å². The van der Waals surface area contributed by atoms with Crippen molar-refractivity contribution in [1.29, 1.82) is 0 Å². The SMILES string of the molecule is O=C(OCC(=O)N1CCCCCC1)c1cc(=O)[nH]c2ccccc12. The predicted octanol–water partition coefficient (Wildman–Crippen LogP) is 2.09. The van der Waals surface area contributed by atoms with Crippen molar-refractivity contribution in [3.8, 4) is 0 Å². The Hall–Kier alpha value is -2.63. The second-order valence-corrected chi connectivity index (χ2v) is 5.96. The third kappa shape index (κ3) is 3.64. The van der Waals surface area contributed by atoms with Crippen LogP contribution in [0.25, 0.3) is 10.9 Å². The molecule has 24 heavy (non-hydrogen) atoms. The normalized spacial score (nSPS) is 15.1. The molecule has 1 amide bonds.